The highest BCUT2D eigenvalue weighted by Crippen LogP contribution is 1.92. The molecule has 2 aromatic rings. The first kappa shape index (κ1) is 21.8. The minimum absolute atomic E-state index is 0. The van der Waals surface area contributed by atoms with E-state index >= 15 is 0 Å². The maximum Gasteiger partial charge on any atom is 0.181 e. The number of rotatable bonds is 2. The van der Waals surface area contributed by atoms with Crippen LogP contribution in [0.4, 0.5) is 0 Å². The highest BCUT2D eigenvalue weighted by atomic mass is 16.5. The number of benzene rings is 2. The van der Waals surface area contributed by atoms with Crippen LogP contribution in [0.15, 0.2) is 60.7 Å². The molecule has 0 unspecified atom stereocenters. The minimum Gasteiger partial charge on any atom is -0.624 e. The SMILES string of the molecule is C.C/[N+]([O-])=C\c1ccccc1.CNO.O=Cc1ccccc1. The van der Waals surface area contributed by atoms with E-state index in [2.05, 4.69) is 0 Å². The Morgan fingerprint density at radius 3 is 1.64 bits per heavy atom. The molecule has 0 aliphatic rings. The van der Waals surface area contributed by atoms with Gasteiger partial charge in [-0.1, -0.05) is 56.0 Å². The van der Waals surface area contributed by atoms with Gasteiger partial charge in [-0.05, 0) is 12.1 Å². The monoisotopic (exact) mass is 304 g/mol. The maximum atomic E-state index is 10.5. The van der Waals surface area contributed by atoms with E-state index < -0.39 is 0 Å². The predicted octanol–water partition coefficient (Wildman–Crippen LogP) is 2.98. The van der Waals surface area contributed by atoms with E-state index in [4.69, 9.17) is 5.21 Å². The third-order valence-electron chi connectivity index (χ3n) is 2.07. The normalized spacial score (nSPS) is 9.14. The van der Waals surface area contributed by atoms with Gasteiger partial charge in [-0.3, -0.25) is 4.79 Å². The van der Waals surface area contributed by atoms with Crippen LogP contribution < -0.4 is 5.48 Å². The van der Waals surface area contributed by atoms with E-state index in [-0.39, 0.29) is 7.43 Å². The number of carbonyl (C=O) groups is 1. The number of hydrogen-bond acceptors (Lipinski definition) is 4. The number of nitrogens with zero attached hydrogens (tertiary/aromatic N) is 1. The Kier molecular flexibility index (Phi) is 14.8. The molecule has 0 saturated heterocycles. The molecule has 5 nitrogen and oxygen atoms in total. The summed E-state index contributed by atoms with van der Waals surface area (Å²) in [7, 11) is 2.90. The van der Waals surface area contributed by atoms with Gasteiger partial charge < -0.3 is 10.4 Å². The second-order valence-electron chi connectivity index (χ2n) is 3.84. The van der Waals surface area contributed by atoms with Crippen molar-refractivity contribution in [2.45, 2.75) is 7.43 Å². The lowest BCUT2D eigenvalue weighted by atomic mass is 10.2. The fourth-order valence-electron chi connectivity index (χ4n) is 1.28. The van der Waals surface area contributed by atoms with Crippen molar-refractivity contribution in [3.05, 3.63) is 77.0 Å². The van der Waals surface area contributed by atoms with Gasteiger partial charge in [-0.2, -0.15) is 0 Å². The zero-order valence-corrected chi connectivity index (χ0v) is 12.1. The number of hydrogen-bond donors (Lipinski definition) is 2. The molecule has 0 fully saturated rings. The summed E-state index contributed by atoms with van der Waals surface area (Å²) in [5.74, 6) is 0. The summed E-state index contributed by atoms with van der Waals surface area (Å²) >= 11 is 0. The second-order valence-corrected chi connectivity index (χ2v) is 3.84. The van der Waals surface area contributed by atoms with Gasteiger partial charge >= 0.3 is 0 Å². The molecule has 0 radical (unpaired) electrons. The van der Waals surface area contributed by atoms with Gasteiger partial charge in [-0.25, -0.2) is 10.2 Å². The van der Waals surface area contributed by atoms with Crippen molar-refractivity contribution in [1.29, 1.82) is 0 Å². The number of carbonyl (C=O) groups excluding carboxylic acids is 1. The van der Waals surface area contributed by atoms with Crippen LogP contribution in [0.2, 0.25) is 0 Å². The van der Waals surface area contributed by atoms with E-state index in [0.29, 0.717) is 0 Å². The maximum absolute atomic E-state index is 10.5. The van der Waals surface area contributed by atoms with E-state index in [1.165, 1.54) is 20.3 Å². The Hall–Kier alpha value is -2.50. The van der Waals surface area contributed by atoms with Gasteiger partial charge in [0.15, 0.2) is 6.21 Å². The molecule has 0 heterocycles. The van der Waals surface area contributed by atoms with Gasteiger partial charge in [0, 0.05) is 18.2 Å². The van der Waals surface area contributed by atoms with Crippen LogP contribution in [0.3, 0.4) is 0 Å². The summed E-state index contributed by atoms with van der Waals surface area (Å²) in [5, 5.41) is 17.8. The molecule has 0 saturated carbocycles. The van der Waals surface area contributed by atoms with Crippen LogP contribution in [-0.2, 0) is 0 Å². The molecule has 120 valence electrons. The molecule has 0 aliphatic carbocycles. The Morgan fingerprint density at radius 1 is 1.00 bits per heavy atom. The van der Waals surface area contributed by atoms with E-state index in [9.17, 15) is 10.0 Å². The highest BCUT2D eigenvalue weighted by Gasteiger charge is 1.86. The van der Waals surface area contributed by atoms with Gasteiger partial charge in [0.1, 0.15) is 13.3 Å². The molecular formula is C17H24N2O3. The zero-order chi connectivity index (χ0) is 15.9. The third-order valence-corrected chi connectivity index (χ3v) is 2.07. The van der Waals surface area contributed by atoms with Gasteiger partial charge in [0.2, 0.25) is 0 Å². The lowest BCUT2D eigenvalue weighted by Gasteiger charge is -1.93. The van der Waals surface area contributed by atoms with Gasteiger partial charge in [0.05, 0.1) is 0 Å². The smallest absolute Gasteiger partial charge is 0.181 e. The molecule has 2 rings (SSSR count). The van der Waals surface area contributed by atoms with Crippen molar-refractivity contribution in [3.63, 3.8) is 0 Å². The Labute approximate surface area is 132 Å². The lowest BCUT2D eigenvalue weighted by molar-refractivity contribution is -0.416. The van der Waals surface area contributed by atoms with Crippen LogP contribution in [0, 0.1) is 5.21 Å². The van der Waals surface area contributed by atoms with Crippen LogP contribution >= 0.6 is 0 Å². The van der Waals surface area contributed by atoms with Crippen molar-refractivity contribution >= 4 is 12.5 Å². The first-order valence-corrected chi connectivity index (χ1v) is 6.25. The summed E-state index contributed by atoms with van der Waals surface area (Å²) in [5.41, 5.74) is 3.41. The quantitative estimate of drug-likeness (QED) is 0.294. The van der Waals surface area contributed by atoms with Crippen molar-refractivity contribution in [1.82, 2.24) is 5.48 Å². The van der Waals surface area contributed by atoms with Gasteiger partial charge in [-0.15, -0.1) is 0 Å². The number of nitrogens with one attached hydrogen (secondary N) is 1. The first-order valence-electron chi connectivity index (χ1n) is 6.25. The average Bonchev–Trinajstić information content (AvgIpc) is 2.50. The van der Waals surface area contributed by atoms with E-state index in [1.807, 2.05) is 48.5 Å². The van der Waals surface area contributed by atoms with E-state index in [1.54, 1.807) is 17.6 Å². The lowest BCUT2D eigenvalue weighted by Crippen LogP contribution is -1.96. The Morgan fingerprint density at radius 2 is 1.36 bits per heavy atom. The summed E-state index contributed by atoms with van der Waals surface area (Å²) in [4.78, 5) is 10.0. The van der Waals surface area contributed by atoms with Gasteiger partial charge in [0.25, 0.3) is 0 Å². The second kappa shape index (κ2) is 14.9. The molecular weight excluding hydrogens is 280 g/mol. The summed E-state index contributed by atoms with van der Waals surface area (Å²) in [6.07, 6.45) is 2.36. The minimum atomic E-state index is 0. The molecule has 0 aromatic heterocycles. The molecule has 2 N–H and O–H groups in total. The summed E-state index contributed by atoms with van der Waals surface area (Å²) in [6, 6.07) is 18.6. The molecule has 5 heteroatoms. The molecule has 0 atom stereocenters. The van der Waals surface area contributed by atoms with Crippen molar-refractivity contribution in [2.75, 3.05) is 14.1 Å². The van der Waals surface area contributed by atoms with Crippen molar-refractivity contribution < 1.29 is 14.7 Å². The van der Waals surface area contributed by atoms with Crippen LogP contribution in [-0.4, -0.2) is 36.5 Å². The van der Waals surface area contributed by atoms with Crippen LogP contribution in [0.1, 0.15) is 23.3 Å². The van der Waals surface area contributed by atoms with Crippen molar-refractivity contribution in [2.24, 2.45) is 0 Å². The standard InChI is InChI=1S/C8H9NO.C7H6O.CH5NO.CH4/c1-9(10)7-8-5-3-2-4-6-8;8-6-7-4-2-1-3-5-7;1-2-3;/h2-7H,1H3;1-6H;2-3H,1H3;1H4/b9-7+;;;. The van der Waals surface area contributed by atoms with Crippen molar-refractivity contribution in [3.8, 4) is 0 Å². The van der Waals surface area contributed by atoms with Crippen LogP contribution in [0.5, 0.6) is 0 Å². The third kappa shape index (κ3) is 12.5. The molecule has 0 bridgehead atoms. The Balaban J connectivity index is 0. The molecule has 22 heavy (non-hydrogen) atoms. The fraction of sp³-hybridized carbons (Fsp3) is 0.176. The van der Waals surface area contributed by atoms with Crippen LogP contribution in [0.25, 0.3) is 0 Å². The topological polar surface area (TPSA) is 75.4 Å². The molecule has 2 aromatic carbocycles. The number of hydroxylamine groups is 2. The average molecular weight is 304 g/mol. The Bertz CT molecular complexity index is 510. The van der Waals surface area contributed by atoms with E-state index in [0.717, 1.165) is 22.2 Å². The highest BCUT2D eigenvalue weighted by molar-refractivity contribution is 5.75. The molecule has 0 spiro atoms. The summed E-state index contributed by atoms with van der Waals surface area (Å²) < 4.78 is 0.787. The first-order chi connectivity index (χ1) is 10.1. The molecule has 0 amide bonds. The largest absolute Gasteiger partial charge is 0.624 e. The summed E-state index contributed by atoms with van der Waals surface area (Å²) in [6.45, 7) is 0. The number of aldehydes is 1. The zero-order valence-electron chi connectivity index (χ0n) is 12.1. The molecule has 0 aliphatic heterocycles. The predicted molar refractivity (Wildman–Crippen MR) is 90.6 cm³/mol. The fourth-order valence-corrected chi connectivity index (χ4v) is 1.28.